The number of carboxylic acid groups (broad SMARTS) is 1. The molecule has 28 heteroatoms. The number of unbranched alkanes of at least 4 members (excludes halogenated alkanes) is 2. The number of carboxylic acids is 1. The fraction of sp³-hybridized carbons (Fsp3) is 0.479. The number of fused-ring (bicyclic) bond motifs is 2. The van der Waals surface area contributed by atoms with Crippen LogP contribution in [-0.2, 0) is 69.0 Å². The van der Waals surface area contributed by atoms with Crippen molar-refractivity contribution in [2.24, 2.45) is 34.3 Å². The standard InChI is InChI=1S/C73H87N13O14S/c1-44(2)62(81-59(87)17-6-5-9-28-85-60(88)24-25-61(85)89)66(92)78-56(15-11-27-75-68(74)95)65(91)77-50-20-18-46(19-21-50)41-99-70(96)83(4)30-31-97-32-33-98-34-35-100-72-38-49-36-48-37-71(42-72,73(48,49)72)43-86-45(3)53(39-76-86)51-22-23-58(80-63(51)67(93)94)84-29-26-47-12-10-13-52(54(47)40-84)64(90)82-69-79-55-14-7-8-16-57(55)101-69/h7-8,10,12-14,16,18-25,39,44,48-49,56,62H,5-6,9,11,15,17,26-38,40-43H2,1-4H3,(H,77,91)(H,78,92)(H,81,87)(H,93,94)(H3,74,75,95)(H,79,82,90)/t48?,49?,56-,62-,71?,72?,73?/m0/s1. The van der Waals surface area contributed by atoms with Crippen LogP contribution < -0.4 is 37.2 Å². The van der Waals surface area contributed by atoms with Crippen molar-refractivity contribution in [2.45, 2.75) is 129 Å². The smallest absolute Gasteiger partial charge is 0.409 e. The molecule has 0 radical (unpaired) electrons. The van der Waals surface area contributed by atoms with E-state index in [-0.39, 0.29) is 97.4 Å². The monoisotopic (exact) mass is 1400 g/mol. The number of primary amides is 1. The van der Waals surface area contributed by atoms with Gasteiger partial charge in [-0.1, -0.05) is 68.0 Å². The van der Waals surface area contributed by atoms with Crippen LogP contribution in [0.5, 0.6) is 0 Å². The van der Waals surface area contributed by atoms with Gasteiger partial charge in [-0.3, -0.25) is 43.7 Å². The predicted octanol–water partition coefficient (Wildman–Crippen LogP) is 7.75. The number of rotatable bonds is 35. The maximum atomic E-state index is 13.7. The van der Waals surface area contributed by atoms with E-state index in [4.69, 9.17) is 34.8 Å². The molecule has 3 aromatic carbocycles. The third-order valence-electron chi connectivity index (χ3n) is 21.1. The number of benzene rings is 3. The van der Waals surface area contributed by atoms with Crippen LogP contribution >= 0.6 is 11.3 Å². The molecule has 101 heavy (non-hydrogen) atoms. The number of anilines is 3. The van der Waals surface area contributed by atoms with E-state index in [1.807, 2.05) is 66.4 Å². The van der Waals surface area contributed by atoms with E-state index in [1.54, 1.807) is 51.4 Å². The third-order valence-corrected chi connectivity index (χ3v) is 22.1. The lowest BCUT2D eigenvalue weighted by atomic mass is 9.11. The van der Waals surface area contributed by atoms with Crippen molar-refractivity contribution in [3.8, 4) is 11.1 Å². The highest BCUT2D eigenvalue weighted by Crippen LogP contribution is 2.95. The second-order valence-electron chi connectivity index (χ2n) is 27.6. The SMILES string of the molecule is Cc1c(-c2ccc(N3CCc4cccc(C(=O)Nc5nc6ccccc6s5)c4C3)nc2C(=O)O)cnn1CC12CC3CC4CC(OCCOCCOCCN(C)C(=O)OCc5ccc(NC(=O)[C@H](CCCNC(N)=O)NC(=O)[C@@H](NC(=O)CCCCCN6C(=O)C=CC6=O)C(C)C)cc5)(C1)C342. The number of hydrogen-bond donors (Lipinski definition) is 7. The van der Waals surface area contributed by atoms with Gasteiger partial charge in [0.05, 0.1) is 55.0 Å². The lowest BCUT2D eigenvalue weighted by molar-refractivity contribution is -0.505. The van der Waals surface area contributed by atoms with Gasteiger partial charge < -0.3 is 60.9 Å². The van der Waals surface area contributed by atoms with Gasteiger partial charge >= 0.3 is 18.1 Å². The van der Waals surface area contributed by atoms with Crippen molar-refractivity contribution in [2.75, 3.05) is 81.8 Å². The van der Waals surface area contributed by atoms with E-state index in [9.17, 15) is 48.3 Å². The summed E-state index contributed by atoms with van der Waals surface area (Å²) < 4.78 is 27.1. The molecule has 6 aliphatic rings. The van der Waals surface area contributed by atoms with Gasteiger partial charge in [0.2, 0.25) is 17.7 Å². The molecule has 7 atom stereocenters. The van der Waals surface area contributed by atoms with Gasteiger partial charge in [-0.25, -0.2) is 24.4 Å². The van der Waals surface area contributed by atoms with Gasteiger partial charge in [-0.15, -0.1) is 0 Å². The summed E-state index contributed by atoms with van der Waals surface area (Å²) in [6.45, 7) is 9.71. The highest BCUT2D eigenvalue weighted by Gasteiger charge is 2.94. The van der Waals surface area contributed by atoms with Crippen molar-refractivity contribution in [3.63, 3.8) is 0 Å². The molecule has 0 bridgehead atoms. The molecule has 534 valence electrons. The lowest BCUT2D eigenvalue weighted by Crippen LogP contribution is -2.94. The van der Waals surface area contributed by atoms with Crippen LogP contribution in [0.2, 0.25) is 0 Å². The Morgan fingerprint density at radius 2 is 1.58 bits per heavy atom. The van der Waals surface area contributed by atoms with Crippen molar-refractivity contribution >= 4 is 91.7 Å². The number of imide groups is 1. The number of ether oxygens (including phenoxy) is 4. The Balaban J connectivity index is 0.543. The van der Waals surface area contributed by atoms with Gasteiger partial charge in [0.15, 0.2) is 10.8 Å². The molecule has 2 aliphatic heterocycles. The summed E-state index contributed by atoms with van der Waals surface area (Å²) >= 11 is 1.42. The molecule has 5 heterocycles. The topological polar surface area (TPSA) is 350 Å². The second-order valence-corrected chi connectivity index (χ2v) is 28.6. The minimum absolute atomic E-state index is 0.0421. The number of urea groups is 1. The number of carbonyl (C=O) groups is 9. The maximum Gasteiger partial charge on any atom is 0.409 e. The minimum atomic E-state index is -1.13. The summed E-state index contributed by atoms with van der Waals surface area (Å²) in [5, 5.41) is 29.9. The van der Waals surface area contributed by atoms with Crippen LogP contribution in [0.4, 0.5) is 26.2 Å². The number of para-hydroxylation sites is 1. The molecule has 6 aromatic rings. The number of likely N-dealkylation sites (N-methyl/N-ethyl adjacent to an activating group) is 1. The van der Waals surface area contributed by atoms with E-state index in [2.05, 4.69) is 36.2 Å². The Labute approximate surface area is 588 Å². The van der Waals surface area contributed by atoms with Crippen LogP contribution in [0.15, 0.2) is 97.2 Å². The number of nitrogens with two attached hydrogens (primary N) is 1. The average Bonchev–Trinajstić information content (AvgIpc) is 0.712. The summed E-state index contributed by atoms with van der Waals surface area (Å²) in [6, 6.07) is 21.1. The Hall–Kier alpha value is -9.64. The quantitative estimate of drug-likeness (QED) is 0.0148. The van der Waals surface area contributed by atoms with Crippen LogP contribution in [-0.4, -0.2) is 172 Å². The fourth-order valence-corrected chi connectivity index (χ4v) is 17.2. The highest BCUT2D eigenvalue weighted by molar-refractivity contribution is 7.22. The van der Waals surface area contributed by atoms with Gasteiger partial charge in [0.25, 0.3) is 17.7 Å². The van der Waals surface area contributed by atoms with Gasteiger partial charge in [-0.2, -0.15) is 5.10 Å². The van der Waals surface area contributed by atoms with E-state index < -0.39 is 42.0 Å². The Kier molecular flexibility index (Phi) is 21.6. The second kappa shape index (κ2) is 30.7. The summed E-state index contributed by atoms with van der Waals surface area (Å²) in [4.78, 5) is 129. The molecule has 3 aromatic heterocycles. The molecule has 4 saturated carbocycles. The Bertz CT molecular complexity index is 4120. The zero-order chi connectivity index (χ0) is 71.2. The van der Waals surface area contributed by atoms with E-state index >= 15 is 0 Å². The number of nitrogens with one attached hydrogen (secondary N) is 5. The molecule has 4 aliphatic carbocycles. The number of aromatic carboxylic acids is 1. The molecule has 9 amide bonds. The number of hydrogen-bond acceptors (Lipinski definition) is 18. The molecule has 5 unspecified atom stereocenters. The van der Waals surface area contributed by atoms with E-state index in [1.165, 1.54) is 34.8 Å². The zero-order valence-electron chi connectivity index (χ0n) is 57.3. The Morgan fingerprint density at radius 3 is 2.33 bits per heavy atom. The van der Waals surface area contributed by atoms with Crippen LogP contribution in [0, 0.1) is 35.5 Å². The molecular formula is C73H87N13O14S. The first-order valence-corrected chi connectivity index (χ1v) is 35.5. The number of aromatic nitrogens is 4. The van der Waals surface area contributed by atoms with Crippen molar-refractivity contribution in [3.05, 3.63) is 131 Å². The maximum absolute atomic E-state index is 13.7. The molecule has 0 saturated heterocycles. The van der Waals surface area contributed by atoms with Crippen LogP contribution in [0.3, 0.4) is 0 Å². The largest absolute Gasteiger partial charge is 0.476 e. The van der Waals surface area contributed by atoms with Gasteiger partial charge in [-0.05, 0) is 142 Å². The molecule has 8 N–H and O–H groups in total. The number of nitrogens with zero attached hydrogens (tertiary/aromatic N) is 7. The normalized spacial score (nSPS) is 21.0. The van der Waals surface area contributed by atoms with Gasteiger partial charge in [0, 0.05) is 104 Å². The number of carbonyl (C=O) groups excluding carboxylic acids is 8. The summed E-state index contributed by atoms with van der Waals surface area (Å²) in [5.74, 6) is -2.15. The molecular weight excluding hydrogens is 1310 g/mol. The first-order valence-electron chi connectivity index (χ1n) is 34.7. The summed E-state index contributed by atoms with van der Waals surface area (Å²) in [5.41, 5.74) is 11.7. The molecule has 27 nitrogen and oxygen atoms in total. The first kappa shape index (κ1) is 71.2. The van der Waals surface area contributed by atoms with Crippen LogP contribution in [0.25, 0.3) is 21.3 Å². The van der Waals surface area contributed by atoms with Gasteiger partial charge in [0.1, 0.15) is 24.5 Å². The highest BCUT2D eigenvalue weighted by atomic mass is 32.1. The summed E-state index contributed by atoms with van der Waals surface area (Å²) in [6.07, 6.45) is 10.8. The van der Waals surface area contributed by atoms with Crippen LogP contribution in [0.1, 0.15) is 121 Å². The molecule has 1 spiro atoms. The number of pyridine rings is 1. The van der Waals surface area contributed by atoms with Crippen molar-refractivity contribution in [1.82, 2.24) is 45.5 Å². The van der Waals surface area contributed by atoms with E-state index in [0.717, 1.165) is 63.3 Å². The lowest BCUT2D eigenvalue weighted by Gasteiger charge is -2.94. The first-order chi connectivity index (χ1) is 48.7. The molecule has 12 rings (SSSR count). The fourth-order valence-electron chi connectivity index (χ4n) is 16.3. The minimum Gasteiger partial charge on any atom is -0.476 e. The van der Waals surface area contributed by atoms with Crippen molar-refractivity contribution in [1.29, 1.82) is 0 Å². The predicted molar refractivity (Wildman–Crippen MR) is 374 cm³/mol. The summed E-state index contributed by atoms with van der Waals surface area (Å²) in [7, 11) is 1.61. The number of amides is 9. The average molecular weight is 1400 g/mol. The zero-order valence-corrected chi connectivity index (χ0v) is 58.1. The number of thiazole rings is 1. The van der Waals surface area contributed by atoms with E-state index in [0.29, 0.717) is 117 Å². The Morgan fingerprint density at radius 1 is 0.822 bits per heavy atom. The van der Waals surface area contributed by atoms with Crippen molar-refractivity contribution < 1.29 is 67.2 Å². The molecule has 4 fully saturated rings. The third kappa shape index (κ3) is 14.9.